The number of hydrogen-bond acceptors (Lipinski definition) is 5. The first-order valence-corrected chi connectivity index (χ1v) is 16.4. The lowest BCUT2D eigenvalue weighted by molar-refractivity contribution is -0.147. The van der Waals surface area contributed by atoms with Gasteiger partial charge in [0.25, 0.3) is 0 Å². The fourth-order valence-corrected chi connectivity index (χ4v) is 7.17. The maximum atomic E-state index is 13.8. The van der Waals surface area contributed by atoms with E-state index in [1.54, 1.807) is 9.80 Å². The number of benzene rings is 2. The van der Waals surface area contributed by atoms with Gasteiger partial charge in [0.2, 0.25) is 11.8 Å². The summed E-state index contributed by atoms with van der Waals surface area (Å²) in [5.41, 5.74) is 6.11. The van der Waals surface area contributed by atoms with Gasteiger partial charge < -0.3 is 25.8 Å². The summed E-state index contributed by atoms with van der Waals surface area (Å²) in [5.74, 6) is -1.35. The molecule has 46 heavy (non-hydrogen) atoms. The molecule has 250 valence electrons. The Morgan fingerprint density at radius 1 is 1.07 bits per heavy atom. The molecule has 9 nitrogen and oxygen atoms in total. The molecule has 0 aliphatic carbocycles. The molecule has 1 unspecified atom stereocenters. The molecule has 0 bridgehead atoms. The van der Waals surface area contributed by atoms with E-state index in [2.05, 4.69) is 24.1 Å². The zero-order valence-electron chi connectivity index (χ0n) is 26.3. The van der Waals surface area contributed by atoms with Gasteiger partial charge in [-0.1, -0.05) is 43.6 Å². The Morgan fingerprint density at radius 2 is 1.74 bits per heavy atom. The minimum Gasteiger partial charge on any atom is -0.397 e. The number of nitrogens with zero attached hydrogens (tertiary/aromatic N) is 4. The number of nitrogens with two attached hydrogens (primary N) is 1. The number of carbonyl (C=O) groups is 3. The molecule has 1 atom stereocenters. The highest BCUT2D eigenvalue weighted by atomic mass is 35.5. The van der Waals surface area contributed by atoms with Gasteiger partial charge in [0.05, 0.1) is 22.2 Å². The van der Waals surface area contributed by atoms with Crippen LogP contribution in [0.1, 0.15) is 49.8 Å². The van der Waals surface area contributed by atoms with Gasteiger partial charge in [-0.3, -0.25) is 14.5 Å². The van der Waals surface area contributed by atoms with Crippen LogP contribution in [0.25, 0.3) is 0 Å². The predicted molar refractivity (Wildman–Crippen MR) is 171 cm³/mol. The van der Waals surface area contributed by atoms with Crippen molar-refractivity contribution in [2.75, 3.05) is 56.9 Å². The van der Waals surface area contributed by atoms with Crippen LogP contribution in [-0.4, -0.2) is 95.3 Å². The van der Waals surface area contributed by atoms with E-state index in [0.29, 0.717) is 45.6 Å². The van der Waals surface area contributed by atoms with Gasteiger partial charge >= 0.3 is 12.2 Å². The summed E-state index contributed by atoms with van der Waals surface area (Å²) >= 11 is 6.09. The molecule has 3 aliphatic heterocycles. The van der Waals surface area contributed by atoms with Crippen molar-refractivity contribution in [3.63, 3.8) is 0 Å². The quantitative estimate of drug-likeness (QED) is 0.363. The number of nitrogens with one attached hydrogen (secondary N) is 1. The van der Waals surface area contributed by atoms with Crippen LogP contribution in [0.3, 0.4) is 0 Å². The van der Waals surface area contributed by atoms with Crippen LogP contribution >= 0.6 is 11.6 Å². The second-order valence-electron chi connectivity index (χ2n) is 12.4. The Balaban J connectivity index is 1.26. The lowest BCUT2D eigenvalue weighted by Gasteiger charge is -2.46. The summed E-state index contributed by atoms with van der Waals surface area (Å²) in [4.78, 5) is 47.9. The zero-order valence-corrected chi connectivity index (χ0v) is 27.0. The number of urea groups is 1. The summed E-state index contributed by atoms with van der Waals surface area (Å²) < 4.78 is 41.1. The normalized spacial score (nSPS) is 18.6. The van der Waals surface area contributed by atoms with E-state index in [0.717, 1.165) is 36.8 Å². The summed E-state index contributed by atoms with van der Waals surface area (Å²) in [7, 11) is 0. The molecule has 3 heterocycles. The van der Waals surface area contributed by atoms with Gasteiger partial charge in [0.1, 0.15) is 0 Å². The van der Waals surface area contributed by atoms with E-state index in [4.69, 9.17) is 17.3 Å². The number of piperidine rings is 1. The number of para-hydroxylation sites is 1. The van der Waals surface area contributed by atoms with Gasteiger partial charge in [-0.25, -0.2) is 4.79 Å². The van der Waals surface area contributed by atoms with Crippen molar-refractivity contribution >= 4 is 40.8 Å². The molecule has 5 rings (SSSR count). The Morgan fingerprint density at radius 3 is 2.39 bits per heavy atom. The van der Waals surface area contributed by atoms with Crippen molar-refractivity contribution < 1.29 is 27.6 Å². The standard InChI is InChI=1S/C33H42ClF3N6O3/c1-3-40(4-2)25-19-42(20-25)31(45)23(15-21-16-26(33(35,36)37)30(38)27(34)17-21)18-29(44)41-12-10-24(11-13-41)43-14-9-22-7-5-6-8-28(22)39-32(43)46/h5-8,16-17,23-25H,3-4,9-15,18-20,38H2,1-2H3,(H,39,46). The number of amides is 4. The molecule has 3 N–H and O–H groups in total. The van der Waals surface area contributed by atoms with E-state index in [1.807, 2.05) is 29.2 Å². The number of fused-ring (bicyclic) bond motifs is 1. The van der Waals surface area contributed by atoms with Gasteiger partial charge in [-0.15, -0.1) is 0 Å². The second kappa shape index (κ2) is 14.1. The first-order chi connectivity index (χ1) is 21.9. The second-order valence-corrected chi connectivity index (χ2v) is 12.8. The van der Waals surface area contributed by atoms with Crippen LogP contribution in [0, 0.1) is 5.92 Å². The van der Waals surface area contributed by atoms with Gasteiger partial charge in [-0.05, 0) is 68.1 Å². The number of carbonyl (C=O) groups excluding carboxylic acids is 3. The summed E-state index contributed by atoms with van der Waals surface area (Å²) in [6, 6.07) is 10.0. The van der Waals surface area contributed by atoms with Crippen molar-refractivity contribution in [2.45, 2.75) is 64.2 Å². The van der Waals surface area contributed by atoms with Crippen LogP contribution in [0.5, 0.6) is 0 Å². The highest BCUT2D eigenvalue weighted by Gasteiger charge is 2.40. The topological polar surface area (TPSA) is 102 Å². The smallest absolute Gasteiger partial charge is 0.397 e. The summed E-state index contributed by atoms with van der Waals surface area (Å²) in [5, 5.41) is 2.76. The van der Waals surface area contributed by atoms with Crippen molar-refractivity contribution in [1.29, 1.82) is 0 Å². The van der Waals surface area contributed by atoms with Crippen LogP contribution in [-0.2, 0) is 28.6 Å². The highest BCUT2D eigenvalue weighted by molar-refractivity contribution is 6.33. The molecule has 0 radical (unpaired) electrons. The molecule has 2 fully saturated rings. The van der Waals surface area contributed by atoms with Crippen molar-refractivity contribution in [3.8, 4) is 0 Å². The Hall–Kier alpha value is -3.51. The number of halogens is 4. The Labute approximate surface area is 272 Å². The lowest BCUT2D eigenvalue weighted by atomic mass is 9.90. The average molecular weight is 663 g/mol. The van der Waals surface area contributed by atoms with E-state index in [1.165, 1.54) is 6.07 Å². The Kier molecular flexibility index (Phi) is 10.4. The molecular weight excluding hydrogens is 621 g/mol. The van der Waals surface area contributed by atoms with Gasteiger partial charge in [0, 0.05) is 56.9 Å². The van der Waals surface area contributed by atoms with Crippen LogP contribution in [0.4, 0.5) is 29.3 Å². The number of rotatable bonds is 9. The Bertz CT molecular complexity index is 1440. The third kappa shape index (κ3) is 7.38. The van der Waals surface area contributed by atoms with Crippen molar-refractivity contribution in [3.05, 3.63) is 58.1 Å². The summed E-state index contributed by atoms with van der Waals surface area (Å²) in [6.07, 6.45) is -3.02. The minimum atomic E-state index is -4.72. The monoisotopic (exact) mass is 662 g/mol. The molecule has 0 aromatic heterocycles. The van der Waals surface area contributed by atoms with Crippen molar-refractivity contribution in [1.82, 2.24) is 19.6 Å². The molecule has 0 saturated carbocycles. The molecule has 2 aromatic rings. The fourth-order valence-electron chi connectivity index (χ4n) is 6.93. The number of nitrogen functional groups attached to an aromatic ring is 1. The van der Waals surface area contributed by atoms with E-state index < -0.39 is 23.3 Å². The summed E-state index contributed by atoms with van der Waals surface area (Å²) in [6.45, 7) is 8.23. The molecule has 4 amide bonds. The zero-order chi connectivity index (χ0) is 33.2. The lowest BCUT2D eigenvalue weighted by Crippen LogP contribution is -2.62. The highest BCUT2D eigenvalue weighted by Crippen LogP contribution is 2.38. The number of anilines is 2. The first-order valence-electron chi connectivity index (χ1n) is 16.0. The maximum Gasteiger partial charge on any atom is 0.418 e. The number of hydrogen-bond donors (Lipinski definition) is 2. The SMILES string of the molecule is CCN(CC)C1CN(C(=O)C(CC(=O)N2CCC(N3CCc4ccccc4NC3=O)CC2)Cc2cc(Cl)c(N)c(C(F)(F)F)c2)C1. The number of likely N-dealkylation sites (tertiary alicyclic amines) is 2. The third-order valence-electron chi connectivity index (χ3n) is 9.65. The van der Waals surface area contributed by atoms with Gasteiger partial charge in [0.15, 0.2) is 0 Å². The number of alkyl halides is 3. The van der Waals surface area contributed by atoms with Crippen LogP contribution in [0.15, 0.2) is 36.4 Å². The molecule has 0 spiro atoms. The molecular formula is C33H42ClF3N6O3. The third-order valence-corrected chi connectivity index (χ3v) is 9.96. The van der Waals surface area contributed by atoms with Crippen LogP contribution < -0.4 is 11.1 Å². The molecule has 2 aromatic carbocycles. The average Bonchev–Trinajstić information content (AvgIpc) is 3.17. The van der Waals surface area contributed by atoms with E-state index in [9.17, 15) is 27.6 Å². The maximum absolute atomic E-state index is 13.8. The molecule has 3 aliphatic rings. The predicted octanol–water partition coefficient (Wildman–Crippen LogP) is 5.12. The van der Waals surface area contributed by atoms with E-state index in [-0.39, 0.29) is 53.4 Å². The van der Waals surface area contributed by atoms with E-state index >= 15 is 0 Å². The number of likely N-dealkylation sites (N-methyl/N-ethyl adjacent to an activating group) is 1. The molecule has 2 saturated heterocycles. The fraction of sp³-hybridized carbons (Fsp3) is 0.545. The van der Waals surface area contributed by atoms with Crippen molar-refractivity contribution in [2.24, 2.45) is 5.92 Å². The molecule has 13 heteroatoms. The largest absolute Gasteiger partial charge is 0.418 e. The van der Waals surface area contributed by atoms with Gasteiger partial charge in [-0.2, -0.15) is 13.2 Å². The first kappa shape index (κ1) is 33.8. The van der Waals surface area contributed by atoms with Crippen LogP contribution in [0.2, 0.25) is 5.02 Å². The minimum absolute atomic E-state index is 0.0356.